The molecule has 5 nitrogen and oxygen atoms in total. The van der Waals surface area contributed by atoms with Crippen molar-refractivity contribution in [3.8, 4) is 0 Å². The van der Waals surface area contributed by atoms with Gasteiger partial charge in [-0.15, -0.1) is 0 Å². The van der Waals surface area contributed by atoms with Crippen LogP contribution in [0, 0.1) is 0 Å². The van der Waals surface area contributed by atoms with Crippen LogP contribution in [0.1, 0.15) is 31.1 Å². The second-order valence-corrected chi connectivity index (χ2v) is 3.89. The molecule has 5 heteroatoms. The highest BCUT2D eigenvalue weighted by Gasteiger charge is 2.24. The van der Waals surface area contributed by atoms with Crippen molar-refractivity contribution in [2.75, 3.05) is 25.5 Å². The molecule has 1 aromatic rings. The van der Waals surface area contributed by atoms with Gasteiger partial charge in [0.2, 0.25) is 0 Å². The number of nitrogens with zero attached hydrogens (tertiary/aromatic N) is 2. The lowest BCUT2D eigenvalue weighted by molar-refractivity contribution is 0.00357. The summed E-state index contributed by atoms with van der Waals surface area (Å²) in [4.78, 5) is 17.8. The van der Waals surface area contributed by atoms with Gasteiger partial charge in [0.1, 0.15) is 5.82 Å². The molecule has 0 spiro atoms. The van der Waals surface area contributed by atoms with E-state index >= 15 is 0 Å². The zero-order valence-electron chi connectivity index (χ0n) is 11.2. The maximum absolute atomic E-state index is 12.1. The Balaban J connectivity index is 0.000000771. The van der Waals surface area contributed by atoms with E-state index in [2.05, 4.69) is 4.98 Å². The summed E-state index contributed by atoms with van der Waals surface area (Å²) < 4.78 is 5.29. The van der Waals surface area contributed by atoms with Crippen molar-refractivity contribution in [2.45, 2.75) is 26.8 Å². The quantitative estimate of drug-likeness (QED) is 0.822. The molecule has 0 radical (unpaired) electrons. The maximum Gasteiger partial charge on any atom is 0.255 e. The molecule has 1 aliphatic heterocycles. The van der Waals surface area contributed by atoms with Crippen LogP contribution in [0.2, 0.25) is 0 Å². The number of rotatable bonds is 1. The van der Waals surface area contributed by atoms with Gasteiger partial charge in [0, 0.05) is 12.7 Å². The standard InChI is InChI=1S/C11H15N3O2.C2H6/c1-8-7-16-5-4-14(8)11(15)9-2-3-10(12)13-6-9;1-2/h2-3,6,8H,4-5,7H2,1H3,(H2,12,13);1-2H3/t8-;/m0./s1. The Morgan fingerprint density at radius 2 is 2.22 bits per heavy atom. The van der Waals surface area contributed by atoms with E-state index in [1.54, 1.807) is 17.0 Å². The van der Waals surface area contributed by atoms with Crippen LogP contribution in [0.15, 0.2) is 18.3 Å². The van der Waals surface area contributed by atoms with Crippen molar-refractivity contribution >= 4 is 11.7 Å². The SMILES string of the molecule is CC.C[C@H]1COCCN1C(=O)c1ccc(N)nc1. The zero-order chi connectivity index (χ0) is 13.5. The number of nitrogens with two attached hydrogens (primary N) is 1. The molecular weight excluding hydrogens is 230 g/mol. The van der Waals surface area contributed by atoms with Gasteiger partial charge in [0.15, 0.2) is 0 Å². The number of anilines is 1. The van der Waals surface area contributed by atoms with Crippen LogP contribution in [0.3, 0.4) is 0 Å². The van der Waals surface area contributed by atoms with E-state index in [1.807, 2.05) is 20.8 Å². The number of carbonyl (C=O) groups is 1. The first kappa shape index (κ1) is 14.4. The number of ether oxygens (including phenoxy) is 1. The number of aromatic nitrogens is 1. The Morgan fingerprint density at radius 3 is 2.78 bits per heavy atom. The summed E-state index contributed by atoms with van der Waals surface area (Å²) in [6, 6.07) is 3.45. The lowest BCUT2D eigenvalue weighted by Gasteiger charge is -2.33. The van der Waals surface area contributed by atoms with Gasteiger partial charge in [-0.3, -0.25) is 4.79 Å². The van der Waals surface area contributed by atoms with Crippen molar-refractivity contribution in [2.24, 2.45) is 0 Å². The van der Waals surface area contributed by atoms with Gasteiger partial charge in [-0.1, -0.05) is 13.8 Å². The predicted molar refractivity (Wildman–Crippen MR) is 71.3 cm³/mol. The Morgan fingerprint density at radius 1 is 1.50 bits per heavy atom. The van der Waals surface area contributed by atoms with Crippen molar-refractivity contribution in [3.63, 3.8) is 0 Å². The van der Waals surface area contributed by atoms with Gasteiger partial charge >= 0.3 is 0 Å². The fourth-order valence-electron chi connectivity index (χ4n) is 1.73. The Kier molecular flexibility index (Phi) is 5.58. The Hall–Kier alpha value is -1.62. The molecular formula is C13H21N3O2. The average molecular weight is 251 g/mol. The van der Waals surface area contributed by atoms with Crippen LogP contribution >= 0.6 is 0 Å². The van der Waals surface area contributed by atoms with Crippen LogP contribution in [-0.4, -0.2) is 41.6 Å². The minimum atomic E-state index is -0.0108. The number of morpholine rings is 1. The summed E-state index contributed by atoms with van der Waals surface area (Å²) in [6.45, 7) is 7.79. The minimum Gasteiger partial charge on any atom is -0.384 e. The minimum absolute atomic E-state index is 0.0108. The van der Waals surface area contributed by atoms with E-state index in [1.165, 1.54) is 6.20 Å². The molecule has 0 aliphatic carbocycles. The largest absolute Gasteiger partial charge is 0.384 e. The first-order valence-corrected chi connectivity index (χ1v) is 6.28. The molecule has 18 heavy (non-hydrogen) atoms. The Labute approximate surface area is 108 Å². The molecule has 1 atom stereocenters. The number of hydrogen-bond acceptors (Lipinski definition) is 4. The molecule has 0 unspecified atom stereocenters. The number of pyridine rings is 1. The second-order valence-electron chi connectivity index (χ2n) is 3.89. The van der Waals surface area contributed by atoms with Crippen LogP contribution in [0.4, 0.5) is 5.82 Å². The lowest BCUT2D eigenvalue weighted by atomic mass is 10.2. The first-order chi connectivity index (χ1) is 8.68. The lowest BCUT2D eigenvalue weighted by Crippen LogP contribution is -2.47. The third-order valence-electron chi connectivity index (χ3n) is 2.66. The molecule has 2 rings (SSSR count). The smallest absolute Gasteiger partial charge is 0.255 e. The molecule has 1 aromatic heterocycles. The van der Waals surface area contributed by atoms with E-state index < -0.39 is 0 Å². The van der Waals surface area contributed by atoms with E-state index in [4.69, 9.17) is 10.5 Å². The zero-order valence-corrected chi connectivity index (χ0v) is 11.2. The van der Waals surface area contributed by atoms with Gasteiger partial charge in [0.25, 0.3) is 5.91 Å². The number of hydrogen-bond donors (Lipinski definition) is 1. The molecule has 0 bridgehead atoms. The van der Waals surface area contributed by atoms with Gasteiger partial charge in [-0.05, 0) is 19.1 Å². The van der Waals surface area contributed by atoms with Crippen molar-refractivity contribution in [3.05, 3.63) is 23.9 Å². The summed E-state index contributed by atoms with van der Waals surface area (Å²) in [5.41, 5.74) is 6.05. The van der Waals surface area contributed by atoms with Crippen LogP contribution < -0.4 is 5.73 Å². The van der Waals surface area contributed by atoms with Crippen molar-refractivity contribution in [1.29, 1.82) is 0 Å². The third kappa shape index (κ3) is 3.43. The number of carbonyl (C=O) groups excluding carboxylic acids is 1. The number of amides is 1. The summed E-state index contributed by atoms with van der Waals surface area (Å²) in [6.07, 6.45) is 1.51. The monoisotopic (exact) mass is 251 g/mol. The summed E-state index contributed by atoms with van der Waals surface area (Å²) >= 11 is 0. The summed E-state index contributed by atoms with van der Waals surface area (Å²) in [7, 11) is 0. The molecule has 0 saturated carbocycles. The Bertz CT molecular complexity index is 378. The fourth-order valence-corrected chi connectivity index (χ4v) is 1.73. The molecule has 1 fully saturated rings. The molecule has 1 aliphatic rings. The molecule has 100 valence electrons. The number of nitrogen functional groups attached to an aromatic ring is 1. The maximum atomic E-state index is 12.1. The summed E-state index contributed by atoms with van der Waals surface area (Å²) in [5.74, 6) is 0.412. The highest BCUT2D eigenvalue weighted by molar-refractivity contribution is 5.94. The van der Waals surface area contributed by atoms with Crippen LogP contribution in [0.25, 0.3) is 0 Å². The average Bonchev–Trinajstić information content (AvgIpc) is 2.42. The third-order valence-corrected chi connectivity index (χ3v) is 2.66. The van der Waals surface area contributed by atoms with Gasteiger partial charge < -0.3 is 15.4 Å². The first-order valence-electron chi connectivity index (χ1n) is 6.28. The van der Waals surface area contributed by atoms with Gasteiger partial charge in [-0.2, -0.15) is 0 Å². The molecule has 1 saturated heterocycles. The fraction of sp³-hybridized carbons (Fsp3) is 0.538. The van der Waals surface area contributed by atoms with Crippen molar-refractivity contribution < 1.29 is 9.53 Å². The highest BCUT2D eigenvalue weighted by Crippen LogP contribution is 2.12. The van der Waals surface area contributed by atoms with E-state index in [0.717, 1.165) is 0 Å². The molecule has 2 N–H and O–H groups in total. The normalized spacial score (nSPS) is 18.8. The molecule has 0 aromatic carbocycles. The van der Waals surface area contributed by atoms with E-state index in [-0.39, 0.29) is 11.9 Å². The van der Waals surface area contributed by atoms with Crippen LogP contribution in [-0.2, 0) is 4.74 Å². The topological polar surface area (TPSA) is 68.5 Å². The van der Waals surface area contributed by atoms with Gasteiger partial charge in [0.05, 0.1) is 24.8 Å². The highest BCUT2D eigenvalue weighted by atomic mass is 16.5. The van der Waals surface area contributed by atoms with Crippen molar-refractivity contribution in [1.82, 2.24) is 9.88 Å². The summed E-state index contributed by atoms with van der Waals surface area (Å²) in [5, 5.41) is 0. The van der Waals surface area contributed by atoms with E-state index in [0.29, 0.717) is 31.1 Å². The predicted octanol–water partition coefficient (Wildman–Crippen LogP) is 1.55. The van der Waals surface area contributed by atoms with E-state index in [9.17, 15) is 4.79 Å². The molecule has 2 heterocycles. The van der Waals surface area contributed by atoms with Crippen LogP contribution in [0.5, 0.6) is 0 Å². The second kappa shape index (κ2) is 6.96. The van der Waals surface area contributed by atoms with Gasteiger partial charge in [-0.25, -0.2) is 4.98 Å². The molecule has 1 amide bonds.